The van der Waals surface area contributed by atoms with Crippen molar-refractivity contribution in [2.24, 2.45) is 0 Å². The lowest BCUT2D eigenvalue weighted by atomic mass is 9.94. The highest BCUT2D eigenvalue weighted by Crippen LogP contribution is 2.28. The van der Waals surface area contributed by atoms with E-state index in [-0.39, 0.29) is 12.3 Å². The Labute approximate surface area is 99.1 Å². The van der Waals surface area contributed by atoms with Gasteiger partial charge in [-0.3, -0.25) is 4.90 Å². The minimum Gasteiger partial charge on any atom is -0.379 e. The lowest BCUT2D eigenvalue weighted by molar-refractivity contribution is -0.0322. The molecule has 1 saturated heterocycles. The van der Waals surface area contributed by atoms with Crippen molar-refractivity contribution < 1.29 is 9.47 Å². The summed E-state index contributed by atoms with van der Waals surface area (Å²) in [5, 5.41) is 0. The fraction of sp³-hybridized carbons (Fsp3) is 1.00. The van der Waals surface area contributed by atoms with Gasteiger partial charge in [0, 0.05) is 19.2 Å². The summed E-state index contributed by atoms with van der Waals surface area (Å²) in [5.74, 6) is 0. The number of nitrogens with zero attached hydrogens (tertiary/aromatic N) is 1. The zero-order valence-electron chi connectivity index (χ0n) is 10.7. The minimum absolute atomic E-state index is 0.286. The summed E-state index contributed by atoms with van der Waals surface area (Å²) in [5.41, 5.74) is 0. The summed E-state index contributed by atoms with van der Waals surface area (Å²) in [6.07, 6.45) is 7.49. The van der Waals surface area contributed by atoms with Crippen LogP contribution in [-0.2, 0) is 9.47 Å². The van der Waals surface area contributed by atoms with Crippen molar-refractivity contribution in [2.75, 3.05) is 19.8 Å². The van der Waals surface area contributed by atoms with Gasteiger partial charge in [0.15, 0.2) is 0 Å². The van der Waals surface area contributed by atoms with E-state index in [9.17, 15) is 0 Å². The van der Waals surface area contributed by atoms with Gasteiger partial charge >= 0.3 is 0 Å². The molecular weight excluding hydrogens is 202 g/mol. The molecule has 2 rings (SSSR count). The Kier molecular flexibility index (Phi) is 4.62. The van der Waals surface area contributed by atoms with E-state index in [1.165, 1.54) is 32.1 Å². The molecule has 0 amide bonds. The van der Waals surface area contributed by atoms with Crippen molar-refractivity contribution in [2.45, 2.75) is 64.3 Å². The maximum Gasteiger partial charge on any atom is 0.108 e. The molecule has 2 atom stereocenters. The van der Waals surface area contributed by atoms with Gasteiger partial charge in [0.1, 0.15) is 6.23 Å². The normalized spacial score (nSPS) is 33.4. The first-order valence-corrected chi connectivity index (χ1v) is 6.80. The molecular formula is C13H25NO2. The van der Waals surface area contributed by atoms with E-state index >= 15 is 0 Å². The standard InChI is InChI=1S/C13H25NO2/c1-3-15-10-13-9-14(11(2)16-13)12-7-5-4-6-8-12/h11-13H,3-10H2,1-2H3. The van der Waals surface area contributed by atoms with Gasteiger partial charge in [0.25, 0.3) is 0 Å². The number of hydrogen-bond donors (Lipinski definition) is 0. The van der Waals surface area contributed by atoms with Gasteiger partial charge in [-0.25, -0.2) is 0 Å². The topological polar surface area (TPSA) is 21.7 Å². The molecule has 2 fully saturated rings. The van der Waals surface area contributed by atoms with Crippen LogP contribution in [0.25, 0.3) is 0 Å². The molecule has 94 valence electrons. The zero-order valence-corrected chi connectivity index (χ0v) is 10.7. The van der Waals surface area contributed by atoms with Gasteiger partial charge in [-0.15, -0.1) is 0 Å². The van der Waals surface area contributed by atoms with Crippen LogP contribution in [-0.4, -0.2) is 43.0 Å². The van der Waals surface area contributed by atoms with E-state index in [4.69, 9.17) is 9.47 Å². The Morgan fingerprint density at radius 3 is 2.69 bits per heavy atom. The highest BCUT2D eigenvalue weighted by atomic mass is 16.6. The first-order chi connectivity index (χ1) is 7.81. The maximum absolute atomic E-state index is 5.93. The van der Waals surface area contributed by atoms with Gasteiger partial charge in [-0.2, -0.15) is 0 Å². The Balaban J connectivity index is 1.81. The third-order valence-corrected chi connectivity index (χ3v) is 3.82. The molecule has 0 spiro atoms. The van der Waals surface area contributed by atoms with Crippen LogP contribution >= 0.6 is 0 Å². The second kappa shape index (κ2) is 5.99. The van der Waals surface area contributed by atoms with E-state index in [1.807, 2.05) is 6.92 Å². The van der Waals surface area contributed by atoms with Crippen molar-refractivity contribution in [3.8, 4) is 0 Å². The van der Waals surface area contributed by atoms with Crippen LogP contribution in [0, 0.1) is 0 Å². The second-order valence-corrected chi connectivity index (χ2v) is 5.01. The molecule has 1 aliphatic heterocycles. The largest absolute Gasteiger partial charge is 0.379 e. The van der Waals surface area contributed by atoms with Crippen LogP contribution in [0.1, 0.15) is 46.0 Å². The molecule has 2 unspecified atom stereocenters. The highest BCUT2D eigenvalue weighted by molar-refractivity contribution is 4.83. The molecule has 0 bridgehead atoms. The third kappa shape index (κ3) is 2.96. The summed E-state index contributed by atoms with van der Waals surface area (Å²) in [4.78, 5) is 2.54. The zero-order chi connectivity index (χ0) is 11.4. The summed E-state index contributed by atoms with van der Waals surface area (Å²) in [6, 6.07) is 0.760. The van der Waals surface area contributed by atoms with Crippen LogP contribution in [0.4, 0.5) is 0 Å². The first-order valence-electron chi connectivity index (χ1n) is 6.80. The van der Waals surface area contributed by atoms with Gasteiger partial charge in [0.05, 0.1) is 12.7 Å². The number of rotatable bonds is 4. The lowest BCUT2D eigenvalue weighted by Crippen LogP contribution is -2.39. The molecule has 16 heavy (non-hydrogen) atoms. The van der Waals surface area contributed by atoms with Crippen LogP contribution in [0.2, 0.25) is 0 Å². The molecule has 0 N–H and O–H groups in total. The van der Waals surface area contributed by atoms with Gasteiger partial charge in [0.2, 0.25) is 0 Å². The minimum atomic E-state index is 0.286. The molecule has 0 aromatic rings. The summed E-state index contributed by atoms with van der Waals surface area (Å²) >= 11 is 0. The smallest absolute Gasteiger partial charge is 0.108 e. The van der Waals surface area contributed by atoms with Crippen molar-refractivity contribution in [1.29, 1.82) is 0 Å². The Morgan fingerprint density at radius 1 is 1.25 bits per heavy atom. The van der Waals surface area contributed by atoms with Gasteiger partial charge in [-0.1, -0.05) is 19.3 Å². The predicted octanol–water partition coefficient (Wildman–Crippen LogP) is 2.40. The van der Waals surface area contributed by atoms with Crippen LogP contribution in [0.5, 0.6) is 0 Å². The van der Waals surface area contributed by atoms with Gasteiger partial charge in [-0.05, 0) is 26.7 Å². The Morgan fingerprint density at radius 2 is 2.00 bits per heavy atom. The van der Waals surface area contributed by atoms with Crippen LogP contribution in [0.15, 0.2) is 0 Å². The van der Waals surface area contributed by atoms with Crippen LogP contribution in [0.3, 0.4) is 0 Å². The maximum atomic E-state index is 5.93. The summed E-state index contributed by atoms with van der Waals surface area (Å²) in [6.45, 7) is 6.82. The average Bonchev–Trinajstić information content (AvgIpc) is 2.69. The Hall–Kier alpha value is -0.120. The molecule has 1 heterocycles. The first kappa shape index (κ1) is 12.3. The molecule has 0 aromatic heterocycles. The van der Waals surface area contributed by atoms with E-state index in [0.717, 1.165) is 25.8 Å². The molecule has 3 nitrogen and oxygen atoms in total. The fourth-order valence-corrected chi connectivity index (χ4v) is 2.98. The Bertz CT molecular complexity index is 204. The fourth-order valence-electron chi connectivity index (χ4n) is 2.98. The number of ether oxygens (including phenoxy) is 2. The van der Waals surface area contributed by atoms with Crippen molar-refractivity contribution in [1.82, 2.24) is 4.90 Å². The SMILES string of the molecule is CCOCC1CN(C2CCCCC2)C(C)O1. The quantitative estimate of drug-likeness (QED) is 0.736. The molecule has 0 radical (unpaired) electrons. The van der Waals surface area contributed by atoms with Crippen LogP contribution < -0.4 is 0 Å². The summed E-state index contributed by atoms with van der Waals surface area (Å²) in [7, 11) is 0. The van der Waals surface area contributed by atoms with E-state index < -0.39 is 0 Å². The lowest BCUT2D eigenvalue weighted by Gasteiger charge is -2.32. The summed E-state index contributed by atoms with van der Waals surface area (Å²) < 4.78 is 11.4. The molecule has 3 heteroatoms. The third-order valence-electron chi connectivity index (χ3n) is 3.82. The van der Waals surface area contributed by atoms with Crippen molar-refractivity contribution in [3.05, 3.63) is 0 Å². The monoisotopic (exact) mass is 227 g/mol. The molecule has 1 aliphatic carbocycles. The van der Waals surface area contributed by atoms with E-state index in [1.54, 1.807) is 0 Å². The number of hydrogen-bond acceptors (Lipinski definition) is 3. The van der Waals surface area contributed by atoms with Gasteiger partial charge < -0.3 is 9.47 Å². The predicted molar refractivity (Wildman–Crippen MR) is 64.4 cm³/mol. The second-order valence-electron chi connectivity index (χ2n) is 5.01. The highest BCUT2D eigenvalue weighted by Gasteiger charge is 2.34. The molecule has 2 aliphatic rings. The van der Waals surface area contributed by atoms with Crippen molar-refractivity contribution >= 4 is 0 Å². The van der Waals surface area contributed by atoms with E-state index in [2.05, 4.69) is 11.8 Å². The van der Waals surface area contributed by atoms with E-state index in [0.29, 0.717) is 0 Å². The van der Waals surface area contributed by atoms with Crippen molar-refractivity contribution in [3.63, 3.8) is 0 Å². The average molecular weight is 227 g/mol. The molecule has 0 aromatic carbocycles. The molecule has 1 saturated carbocycles.